The van der Waals surface area contributed by atoms with Gasteiger partial charge in [-0.05, 0) is 29.1 Å². The largest absolute Gasteiger partial charge is 0.506 e. The molecule has 0 saturated carbocycles. The summed E-state index contributed by atoms with van der Waals surface area (Å²) in [7, 11) is 0. The van der Waals surface area contributed by atoms with Crippen LogP contribution < -0.4 is 4.74 Å². The van der Waals surface area contributed by atoms with Crippen LogP contribution in [0, 0.1) is 12.1 Å². The van der Waals surface area contributed by atoms with Crippen molar-refractivity contribution < 1.29 is 24.8 Å². The molecule has 29 heavy (non-hydrogen) atoms. The summed E-state index contributed by atoms with van der Waals surface area (Å²) in [5, 5.41) is 3.46. The molecule has 0 saturated heterocycles. The van der Waals surface area contributed by atoms with E-state index in [0.29, 0.717) is 6.61 Å². The van der Waals surface area contributed by atoms with Crippen LogP contribution in [0.2, 0.25) is 0 Å². The van der Waals surface area contributed by atoms with Crippen LogP contribution in [0.3, 0.4) is 0 Å². The predicted molar refractivity (Wildman–Crippen MR) is 111 cm³/mol. The number of pyridine rings is 2. The summed E-state index contributed by atoms with van der Waals surface area (Å²) >= 11 is 0. The topological polar surface area (TPSA) is 35.0 Å². The molecule has 3 nitrogen and oxygen atoms in total. The van der Waals surface area contributed by atoms with Gasteiger partial charge in [-0.2, -0.15) is 0 Å². The predicted octanol–water partition coefficient (Wildman–Crippen LogP) is 5.63. The fourth-order valence-corrected chi connectivity index (χ4v) is 3.40. The van der Waals surface area contributed by atoms with Crippen LogP contribution in [-0.2, 0) is 26.7 Å². The Labute approximate surface area is 182 Å². The molecule has 3 heterocycles. The van der Waals surface area contributed by atoms with E-state index in [1.165, 1.54) is 10.8 Å². The van der Waals surface area contributed by atoms with E-state index >= 15 is 0 Å². The van der Waals surface area contributed by atoms with Crippen molar-refractivity contribution in [3.05, 3.63) is 103 Å². The first-order valence-electron chi connectivity index (χ1n) is 9.12. The van der Waals surface area contributed by atoms with Crippen LogP contribution in [0.25, 0.3) is 32.9 Å². The first-order valence-corrected chi connectivity index (χ1v) is 9.12. The van der Waals surface area contributed by atoms with Crippen LogP contribution in [0.5, 0.6) is 5.75 Å². The normalized spacial score (nSPS) is 11.3. The molecule has 0 unspecified atom stereocenters. The molecule has 0 bridgehead atoms. The Morgan fingerprint density at radius 3 is 2.48 bits per heavy atom. The number of rotatable bonds is 0. The Morgan fingerprint density at radius 1 is 0.759 bits per heavy atom. The third-order valence-electron chi connectivity index (χ3n) is 4.74. The van der Waals surface area contributed by atoms with E-state index in [1.54, 1.807) is 6.20 Å². The van der Waals surface area contributed by atoms with E-state index in [0.717, 1.165) is 33.5 Å². The van der Waals surface area contributed by atoms with E-state index in [4.69, 9.17) is 4.74 Å². The average Bonchev–Trinajstić information content (AvgIpc) is 2.79. The van der Waals surface area contributed by atoms with Gasteiger partial charge in [0.2, 0.25) is 0 Å². The Morgan fingerprint density at radius 2 is 1.52 bits per heavy atom. The molecule has 1 aliphatic heterocycles. The van der Waals surface area contributed by atoms with E-state index in [-0.39, 0.29) is 20.1 Å². The summed E-state index contributed by atoms with van der Waals surface area (Å²) in [6.45, 7) is 0.616. The standard InChI is InChI=1S/C13H8N.C12H8NO.Ir/c1-2-6-12-10(4-1)7-8-11-5-3-9-14-13(11)12;1-2-5-10-9(4-1)8-14-11-6-3-7-13-12(10)11;/h1-5,7-9H;1-4,6-7H,8H2;/q2*-1;. The van der Waals surface area contributed by atoms with Crippen LogP contribution >= 0.6 is 0 Å². The minimum Gasteiger partial charge on any atom is -0.506 e. The van der Waals surface area contributed by atoms with E-state index < -0.39 is 0 Å². The molecule has 0 amide bonds. The van der Waals surface area contributed by atoms with Gasteiger partial charge in [-0.25, -0.2) is 0 Å². The van der Waals surface area contributed by atoms with Crippen molar-refractivity contribution >= 4 is 21.7 Å². The zero-order valence-electron chi connectivity index (χ0n) is 15.4. The van der Waals surface area contributed by atoms with Gasteiger partial charge in [0.1, 0.15) is 5.75 Å². The SMILES string of the molecule is [Ir].[c-]1cccc2c1-c1ncccc1OC2.[c-]1cccc2ccc3cccnc3c12. The monoisotopic (exact) mass is 553 g/mol. The third-order valence-corrected chi connectivity index (χ3v) is 4.74. The second kappa shape index (κ2) is 8.52. The maximum absolute atomic E-state index is 5.57. The average molecular weight is 553 g/mol. The molecule has 2 aromatic heterocycles. The van der Waals surface area contributed by atoms with Crippen molar-refractivity contribution in [3.63, 3.8) is 0 Å². The molecule has 0 spiro atoms. The number of ether oxygens (including phenoxy) is 1. The Kier molecular flexibility index (Phi) is 5.66. The smallest absolute Gasteiger partial charge is 0.103 e. The summed E-state index contributed by atoms with van der Waals surface area (Å²) in [4.78, 5) is 8.68. The summed E-state index contributed by atoms with van der Waals surface area (Å²) < 4.78 is 5.57. The summed E-state index contributed by atoms with van der Waals surface area (Å²) in [6.07, 6.45) is 3.60. The molecular weight excluding hydrogens is 537 g/mol. The van der Waals surface area contributed by atoms with Crippen molar-refractivity contribution in [2.24, 2.45) is 0 Å². The molecule has 0 atom stereocenters. The van der Waals surface area contributed by atoms with Crippen LogP contribution in [0.4, 0.5) is 0 Å². The van der Waals surface area contributed by atoms with Gasteiger partial charge in [0.05, 0.1) is 6.61 Å². The third kappa shape index (κ3) is 3.77. The van der Waals surface area contributed by atoms with Crippen molar-refractivity contribution in [2.45, 2.75) is 6.61 Å². The quantitative estimate of drug-likeness (QED) is 0.185. The Balaban J connectivity index is 0.000000137. The van der Waals surface area contributed by atoms with Gasteiger partial charge < -0.3 is 14.7 Å². The summed E-state index contributed by atoms with van der Waals surface area (Å²) in [5.41, 5.74) is 4.15. The number of aromatic nitrogens is 2. The number of benzene rings is 3. The molecule has 5 aromatic rings. The molecule has 143 valence electrons. The molecule has 6 rings (SSSR count). The van der Waals surface area contributed by atoms with Crippen LogP contribution in [0.1, 0.15) is 5.56 Å². The van der Waals surface area contributed by atoms with Crippen molar-refractivity contribution in [2.75, 3.05) is 0 Å². The number of fused-ring (bicyclic) bond motifs is 6. The van der Waals surface area contributed by atoms with Gasteiger partial charge in [-0.3, -0.25) is 0 Å². The molecule has 0 fully saturated rings. The zero-order chi connectivity index (χ0) is 18.8. The van der Waals surface area contributed by atoms with Crippen LogP contribution in [0.15, 0.2) is 85.2 Å². The van der Waals surface area contributed by atoms with Gasteiger partial charge in [-0.15, -0.1) is 64.9 Å². The van der Waals surface area contributed by atoms with Gasteiger partial charge in [-0.1, -0.05) is 23.8 Å². The first kappa shape index (κ1) is 19.3. The van der Waals surface area contributed by atoms with Crippen LogP contribution in [-0.4, -0.2) is 9.97 Å². The maximum atomic E-state index is 5.57. The Bertz CT molecular complexity index is 1190. The second-order valence-corrected chi connectivity index (χ2v) is 6.48. The van der Waals surface area contributed by atoms with E-state index in [9.17, 15) is 0 Å². The van der Waals surface area contributed by atoms with Crippen molar-refractivity contribution in [1.82, 2.24) is 9.97 Å². The number of hydrogen-bond donors (Lipinski definition) is 0. The minimum atomic E-state index is 0. The zero-order valence-corrected chi connectivity index (χ0v) is 17.8. The fourth-order valence-electron chi connectivity index (χ4n) is 3.40. The second-order valence-electron chi connectivity index (χ2n) is 6.48. The molecular formula is C25H16IrN2O-2. The summed E-state index contributed by atoms with van der Waals surface area (Å²) in [5.74, 6) is 0.849. The Hall–Kier alpha value is -3.07. The molecule has 1 aliphatic rings. The van der Waals surface area contributed by atoms with Crippen molar-refractivity contribution in [1.29, 1.82) is 0 Å². The number of nitrogens with zero attached hydrogens (tertiary/aromatic N) is 2. The first-order chi connectivity index (χ1) is 13.9. The van der Waals surface area contributed by atoms with Crippen molar-refractivity contribution in [3.8, 4) is 17.0 Å². The molecule has 1 radical (unpaired) electrons. The van der Waals surface area contributed by atoms with E-state index in [2.05, 4.69) is 46.4 Å². The fraction of sp³-hybridized carbons (Fsp3) is 0.0400. The molecule has 0 N–H and O–H groups in total. The van der Waals surface area contributed by atoms with Gasteiger partial charge in [0.25, 0.3) is 0 Å². The molecule has 0 aliphatic carbocycles. The van der Waals surface area contributed by atoms with E-state index in [1.807, 2.05) is 54.7 Å². The summed E-state index contributed by atoms with van der Waals surface area (Å²) in [6, 6.07) is 30.4. The maximum Gasteiger partial charge on any atom is 0.103 e. The van der Waals surface area contributed by atoms with Gasteiger partial charge >= 0.3 is 0 Å². The van der Waals surface area contributed by atoms with Gasteiger partial charge in [0.15, 0.2) is 0 Å². The van der Waals surface area contributed by atoms with Gasteiger partial charge in [0, 0.05) is 38.2 Å². The number of hydrogen-bond acceptors (Lipinski definition) is 3. The molecule has 3 aromatic carbocycles. The minimum absolute atomic E-state index is 0. The molecule has 4 heteroatoms.